The molecule has 1 atom stereocenters. The number of hydrogen-bond acceptors (Lipinski definition) is 7. The van der Waals surface area contributed by atoms with Crippen LogP contribution in [0.25, 0.3) is 11.3 Å². The summed E-state index contributed by atoms with van der Waals surface area (Å²) in [5, 5.41) is 14.2. The normalized spacial score (nSPS) is 11.3. The van der Waals surface area contributed by atoms with Crippen LogP contribution in [-0.4, -0.2) is 60.0 Å². The van der Waals surface area contributed by atoms with Gasteiger partial charge in [-0.15, -0.1) is 5.10 Å². The smallest absolute Gasteiger partial charge is 0.259 e. The Morgan fingerprint density at radius 3 is 2.28 bits per heavy atom. The number of nitrogens with zero attached hydrogens (tertiary/aromatic N) is 4. The van der Waals surface area contributed by atoms with E-state index in [4.69, 9.17) is 9.47 Å². The third-order valence-corrected chi connectivity index (χ3v) is 7.35. The maximum Gasteiger partial charge on any atom is 0.259 e. The van der Waals surface area contributed by atoms with Crippen molar-refractivity contribution in [3.63, 3.8) is 0 Å². The largest absolute Gasteiger partial charge is 0.497 e. The second kappa shape index (κ2) is 14.7. The minimum absolute atomic E-state index is 0.173. The van der Waals surface area contributed by atoms with Gasteiger partial charge in [0, 0.05) is 24.7 Å². The Balaban J connectivity index is 1.30. The van der Waals surface area contributed by atoms with Gasteiger partial charge >= 0.3 is 0 Å². The highest BCUT2D eigenvalue weighted by molar-refractivity contribution is 6.07. The zero-order chi connectivity index (χ0) is 32.5. The molecule has 0 aliphatic heterocycles. The van der Waals surface area contributed by atoms with E-state index in [1.54, 1.807) is 87.1 Å². The van der Waals surface area contributed by atoms with Crippen LogP contribution in [0.4, 0.5) is 11.4 Å². The molecule has 0 radical (unpaired) electrons. The van der Waals surface area contributed by atoms with E-state index in [2.05, 4.69) is 20.9 Å². The Bertz CT molecular complexity index is 1810. The molecular formula is C35H34N6O5. The van der Waals surface area contributed by atoms with Crippen molar-refractivity contribution in [2.24, 2.45) is 0 Å². The lowest BCUT2D eigenvalue weighted by molar-refractivity contribution is -0.127. The minimum Gasteiger partial charge on any atom is -0.497 e. The maximum absolute atomic E-state index is 13.7. The van der Waals surface area contributed by atoms with Crippen molar-refractivity contribution in [3.05, 3.63) is 120 Å². The molecule has 2 N–H and O–H groups in total. The summed E-state index contributed by atoms with van der Waals surface area (Å²) in [5.74, 6) is 0.0967. The van der Waals surface area contributed by atoms with Gasteiger partial charge in [0.15, 0.2) is 0 Å². The molecule has 3 amide bonds. The molecule has 5 aromatic rings. The van der Waals surface area contributed by atoms with E-state index in [1.807, 2.05) is 36.4 Å². The molecule has 0 saturated heterocycles. The quantitative estimate of drug-likeness (QED) is 0.209. The molecule has 5 rings (SSSR count). The Labute approximate surface area is 266 Å². The van der Waals surface area contributed by atoms with Gasteiger partial charge < -0.3 is 25.0 Å². The van der Waals surface area contributed by atoms with Crippen molar-refractivity contribution in [1.29, 1.82) is 0 Å². The first-order valence-corrected chi connectivity index (χ1v) is 14.5. The first-order valence-electron chi connectivity index (χ1n) is 14.5. The fraction of sp³-hybridized carbons (Fsp3) is 0.171. The number of carbonyl (C=O) groups is 3. The van der Waals surface area contributed by atoms with Gasteiger partial charge in [-0.3, -0.25) is 14.4 Å². The Morgan fingerprint density at radius 2 is 1.54 bits per heavy atom. The number of methoxy groups -OCH3 is 2. The summed E-state index contributed by atoms with van der Waals surface area (Å²) in [6.45, 7) is -0.173. The van der Waals surface area contributed by atoms with Crippen molar-refractivity contribution >= 4 is 29.1 Å². The molecule has 0 aliphatic rings. The Kier molecular flexibility index (Phi) is 10.0. The summed E-state index contributed by atoms with van der Waals surface area (Å²) in [4.78, 5) is 41.5. The summed E-state index contributed by atoms with van der Waals surface area (Å²) in [7, 11) is 4.75. The molecule has 11 nitrogen and oxygen atoms in total. The van der Waals surface area contributed by atoms with Crippen molar-refractivity contribution in [1.82, 2.24) is 20.3 Å². The van der Waals surface area contributed by atoms with Crippen LogP contribution < -0.4 is 25.0 Å². The van der Waals surface area contributed by atoms with Crippen LogP contribution in [0.2, 0.25) is 0 Å². The van der Waals surface area contributed by atoms with Crippen molar-refractivity contribution < 1.29 is 23.9 Å². The molecule has 0 spiro atoms. The first-order chi connectivity index (χ1) is 22.4. The summed E-state index contributed by atoms with van der Waals surface area (Å²) in [6, 6.07) is 29.9. The van der Waals surface area contributed by atoms with E-state index in [9.17, 15) is 14.4 Å². The van der Waals surface area contributed by atoms with E-state index in [1.165, 1.54) is 16.7 Å². The minimum atomic E-state index is -0.837. The molecule has 0 unspecified atom stereocenters. The molecule has 11 heteroatoms. The monoisotopic (exact) mass is 618 g/mol. The number of aromatic nitrogens is 3. The highest BCUT2D eigenvalue weighted by Crippen LogP contribution is 2.28. The van der Waals surface area contributed by atoms with Gasteiger partial charge in [0.25, 0.3) is 5.91 Å². The average molecular weight is 619 g/mol. The topological polar surface area (TPSA) is 128 Å². The zero-order valence-corrected chi connectivity index (χ0v) is 25.7. The van der Waals surface area contributed by atoms with E-state index < -0.39 is 11.9 Å². The van der Waals surface area contributed by atoms with Crippen molar-refractivity contribution in [2.75, 3.05) is 31.5 Å². The van der Waals surface area contributed by atoms with Gasteiger partial charge in [-0.05, 0) is 48.0 Å². The van der Waals surface area contributed by atoms with Crippen LogP contribution in [0, 0.1) is 0 Å². The Hall–Kier alpha value is -5.97. The third kappa shape index (κ3) is 7.56. The summed E-state index contributed by atoms with van der Waals surface area (Å²) < 4.78 is 11.9. The lowest BCUT2D eigenvalue weighted by Crippen LogP contribution is -2.49. The molecule has 1 aromatic heterocycles. The first kappa shape index (κ1) is 31.5. The van der Waals surface area contributed by atoms with Crippen LogP contribution in [0.15, 0.2) is 109 Å². The summed E-state index contributed by atoms with van der Waals surface area (Å²) in [6.07, 6.45) is 1.92. The number of likely N-dealkylation sites (N-methyl/N-ethyl adjacent to an activating group) is 1. The number of anilines is 2. The SMILES string of the molecule is COc1ccc(N(C)C(=O)[C@H](Cc2ccccc2)NC(=O)Cn2cc(-c3ccccc3NC(=O)c3ccccc3OC)nn2)cc1. The standard InChI is InChI=1S/C35H34N6O5/c1-40(25-17-19-26(45-2)20-18-25)35(44)30(21-24-11-5-4-6-12-24)36-33(42)23-41-22-31(38-39-41)27-13-7-9-15-29(27)37-34(43)28-14-8-10-16-32(28)46-3/h4-20,22,30H,21,23H2,1-3H3,(H,36,42)(H,37,43)/t30-/m0/s1. The van der Waals surface area contributed by atoms with Gasteiger partial charge in [-0.25, -0.2) is 4.68 Å². The van der Waals surface area contributed by atoms with E-state index in [0.717, 1.165) is 5.56 Å². The maximum atomic E-state index is 13.7. The van der Waals surface area contributed by atoms with Crippen LogP contribution in [0.5, 0.6) is 11.5 Å². The number of rotatable bonds is 12. The molecule has 234 valence electrons. The molecule has 0 saturated carbocycles. The fourth-order valence-corrected chi connectivity index (χ4v) is 4.94. The molecule has 1 heterocycles. The van der Waals surface area contributed by atoms with E-state index in [0.29, 0.717) is 46.1 Å². The molecule has 0 fully saturated rings. The highest BCUT2D eigenvalue weighted by Gasteiger charge is 2.26. The fourth-order valence-electron chi connectivity index (χ4n) is 4.94. The summed E-state index contributed by atoms with van der Waals surface area (Å²) >= 11 is 0. The molecule has 0 bridgehead atoms. The van der Waals surface area contributed by atoms with Gasteiger partial charge in [-0.2, -0.15) is 0 Å². The van der Waals surface area contributed by atoms with Gasteiger partial charge in [-0.1, -0.05) is 65.9 Å². The van der Waals surface area contributed by atoms with Gasteiger partial charge in [0.2, 0.25) is 11.8 Å². The number of hydrogen-bond donors (Lipinski definition) is 2. The number of amides is 3. The second-order valence-corrected chi connectivity index (χ2v) is 10.4. The van der Waals surface area contributed by atoms with Crippen LogP contribution in [0.1, 0.15) is 15.9 Å². The van der Waals surface area contributed by atoms with Crippen LogP contribution >= 0.6 is 0 Å². The second-order valence-electron chi connectivity index (χ2n) is 10.4. The predicted octanol–water partition coefficient (Wildman–Crippen LogP) is 4.61. The van der Waals surface area contributed by atoms with Crippen molar-refractivity contribution in [3.8, 4) is 22.8 Å². The van der Waals surface area contributed by atoms with E-state index in [-0.39, 0.29) is 18.4 Å². The lowest BCUT2D eigenvalue weighted by Gasteiger charge is -2.25. The molecule has 0 aliphatic carbocycles. The number of carbonyl (C=O) groups excluding carboxylic acids is 3. The molecular weight excluding hydrogens is 584 g/mol. The predicted molar refractivity (Wildman–Crippen MR) is 175 cm³/mol. The van der Waals surface area contributed by atoms with Gasteiger partial charge in [0.05, 0.1) is 31.7 Å². The number of ether oxygens (including phenoxy) is 2. The molecule has 46 heavy (non-hydrogen) atoms. The lowest BCUT2D eigenvalue weighted by atomic mass is 10.0. The highest BCUT2D eigenvalue weighted by atomic mass is 16.5. The number of nitrogens with one attached hydrogen (secondary N) is 2. The number of benzene rings is 4. The summed E-state index contributed by atoms with van der Waals surface area (Å²) in [5.41, 5.74) is 3.55. The van der Waals surface area contributed by atoms with Crippen LogP contribution in [-0.2, 0) is 22.6 Å². The third-order valence-electron chi connectivity index (χ3n) is 7.35. The average Bonchev–Trinajstić information content (AvgIpc) is 3.56. The van der Waals surface area contributed by atoms with Gasteiger partial charge in [0.1, 0.15) is 29.8 Å². The van der Waals surface area contributed by atoms with Crippen LogP contribution in [0.3, 0.4) is 0 Å². The van der Waals surface area contributed by atoms with E-state index >= 15 is 0 Å². The Morgan fingerprint density at radius 1 is 0.848 bits per heavy atom. The zero-order valence-electron chi connectivity index (χ0n) is 25.7. The number of para-hydroxylation sites is 2. The molecule has 4 aromatic carbocycles. The van der Waals surface area contributed by atoms with Crippen molar-refractivity contribution in [2.45, 2.75) is 19.0 Å².